The predicted molar refractivity (Wildman–Crippen MR) is 79.9 cm³/mol. The van der Waals surface area contributed by atoms with Crippen LogP contribution in [0, 0.1) is 23.7 Å². The highest BCUT2D eigenvalue weighted by Gasteiger charge is 2.51. The summed E-state index contributed by atoms with van der Waals surface area (Å²) in [5.74, 6) is -3.51. The molecule has 0 heterocycles. The van der Waals surface area contributed by atoms with Crippen LogP contribution in [0.25, 0.3) is 0 Å². The number of aliphatic carboxylic acids is 1. The fourth-order valence-electron chi connectivity index (χ4n) is 3.91. The van der Waals surface area contributed by atoms with Gasteiger partial charge in [-0.05, 0) is 49.3 Å². The molecule has 1 aromatic rings. The quantitative estimate of drug-likeness (QED) is 0.786. The number of hydrazine groups is 1. The minimum Gasteiger partial charge on any atom is -0.550 e. The summed E-state index contributed by atoms with van der Waals surface area (Å²) < 4.78 is 0. The van der Waals surface area contributed by atoms with Crippen molar-refractivity contribution in [1.29, 1.82) is 0 Å². The Labute approximate surface area is 138 Å². The number of nitrogens with one attached hydrogen (secondary N) is 2. The van der Waals surface area contributed by atoms with Gasteiger partial charge >= 0.3 is 0 Å². The number of amides is 2. The van der Waals surface area contributed by atoms with Crippen molar-refractivity contribution in [2.24, 2.45) is 23.7 Å². The molecule has 1 aromatic carbocycles. The van der Waals surface area contributed by atoms with Crippen LogP contribution >= 0.6 is 11.6 Å². The van der Waals surface area contributed by atoms with Crippen LogP contribution in [0.15, 0.2) is 24.3 Å². The average Bonchev–Trinajstić information content (AvgIpc) is 3.13. The third kappa shape index (κ3) is 3.03. The molecule has 0 radical (unpaired) electrons. The number of carboxylic acid groups (broad SMARTS) is 1. The first-order valence-electron chi connectivity index (χ1n) is 7.54. The molecule has 23 heavy (non-hydrogen) atoms. The predicted octanol–water partition coefficient (Wildman–Crippen LogP) is 0.513. The van der Waals surface area contributed by atoms with Gasteiger partial charge in [0.1, 0.15) is 0 Å². The standard InChI is InChI=1S/C16H17ClN2O4/c17-11-3-1-2-10(7-11)14(20)18-19-15(21)12-8-4-5-9(6-8)13(12)16(22)23/h1-3,7-9,12-13H,4-6H2,(H,18,20)(H,19,21)(H,22,23)/p-1/t8-,9+,12+,13+/m1/s1. The summed E-state index contributed by atoms with van der Waals surface area (Å²) in [6.45, 7) is 0. The van der Waals surface area contributed by atoms with Gasteiger partial charge in [-0.2, -0.15) is 0 Å². The van der Waals surface area contributed by atoms with Crippen LogP contribution in [0.3, 0.4) is 0 Å². The van der Waals surface area contributed by atoms with E-state index >= 15 is 0 Å². The molecule has 7 heteroatoms. The van der Waals surface area contributed by atoms with Crippen LogP contribution in [0.2, 0.25) is 5.02 Å². The molecule has 2 amide bonds. The van der Waals surface area contributed by atoms with Gasteiger partial charge in [-0.25, -0.2) is 0 Å². The second-order valence-electron chi connectivity index (χ2n) is 6.16. The Kier molecular flexibility index (Phi) is 4.26. The Morgan fingerprint density at radius 3 is 2.43 bits per heavy atom. The molecule has 2 saturated carbocycles. The Morgan fingerprint density at radius 1 is 1.09 bits per heavy atom. The van der Waals surface area contributed by atoms with E-state index in [1.54, 1.807) is 18.2 Å². The van der Waals surface area contributed by atoms with Gasteiger partial charge in [-0.1, -0.05) is 17.7 Å². The van der Waals surface area contributed by atoms with Gasteiger partial charge in [0.2, 0.25) is 5.91 Å². The van der Waals surface area contributed by atoms with Crippen molar-refractivity contribution < 1.29 is 19.5 Å². The van der Waals surface area contributed by atoms with E-state index in [9.17, 15) is 19.5 Å². The summed E-state index contributed by atoms with van der Waals surface area (Å²) >= 11 is 5.81. The summed E-state index contributed by atoms with van der Waals surface area (Å²) in [6, 6.07) is 6.30. The van der Waals surface area contributed by atoms with E-state index < -0.39 is 29.6 Å². The summed E-state index contributed by atoms with van der Waals surface area (Å²) in [6.07, 6.45) is 2.40. The van der Waals surface area contributed by atoms with E-state index in [4.69, 9.17) is 11.6 Å². The Morgan fingerprint density at radius 2 is 1.78 bits per heavy atom. The number of benzene rings is 1. The molecule has 2 aliphatic rings. The first-order valence-corrected chi connectivity index (χ1v) is 7.92. The topological polar surface area (TPSA) is 98.3 Å². The second-order valence-corrected chi connectivity index (χ2v) is 6.59. The second kappa shape index (κ2) is 6.20. The maximum absolute atomic E-state index is 12.3. The number of hydrogen-bond acceptors (Lipinski definition) is 4. The number of carbonyl (C=O) groups is 3. The molecule has 0 saturated heterocycles. The normalized spacial score (nSPS) is 28.4. The number of carboxylic acids is 1. The third-order valence-electron chi connectivity index (χ3n) is 4.88. The van der Waals surface area contributed by atoms with Crippen molar-refractivity contribution >= 4 is 29.4 Å². The highest BCUT2D eigenvalue weighted by molar-refractivity contribution is 6.30. The first-order chi connectivity index (χ1) is 11.0. The van der Waals surface area contributed by atoms with E-state index in [1.165, 1.54) is 6.07 Å². The molecular weight excluding hydrogens is 320 g/mol. The molecule has 6 nitrogen and oxygen atoms in total. The zero-order chi connectivity index (χ0) is 16.6. The van der Waals surface area contributed by atoms with Crippen LogP contribution in [-0.2, 0) is 9.59 Å². The van der Waals surface area contributed by atoms with E-state index in [-0.39, 0.29) is 11.8 Å². The number of rotatable bonds is 3. The minimum atomic E-state index is -1.18. The molecule has 0 unspecified atom stereocenters. The highest BCUT2D eigenvalue weighted by Crippen LogP contribution is 2.52. The SMILES string of the molecule is O=C(NNC(=O)[C@H]1[C@@H]2CC[C@@H](C2)[C@@H]1C(=O)[O-])c1cccc(Cl)c1. The maximum atomic E-state index is 12.3. The highest BCUT2D eigenvalue weighted by atomic mass is 35.5. The van der Waals surface area contributed by atoms with Crippen LogP contribution in [0.5, 0.6) is 0 Å². The van der Waals surface area contributed by atoms with Crippen molar-refractivity contribution in [1.82, 2.24) is 10.9 Å². The zero-order valence-electron chi connectivity index (χ0n) is 12.3. The van der Waals surface area contributed by atoms with Gasteiger partial charge in [0.05, 0.1) is 5.92 Å². The molecular formula is C16H16ClN2O4-. The number of hydrogen-bond donors (Lipinski definition) is 2. The monoisotopic (exact) mass is 335 g/mol. The molecule has 122 valence electrons. The summed E-state index contributed by atoms with van der Waals surface area (Å²) in [4.78, 5) is 35.6. The summed E-state index contributed by atoms with van der Waals surface area (Å²) in [7, 11) is 0. The van der Waals surface area contributed by atoms with Crippen molar-refractivity contribution in [3.8, 4) is 0 Å². The Bertz CT molecular complexity index is 663. The van der Waals surface area contributed by atoms with Gasteiger partial charge < -0.3 is 9.90 Å². The van der Waals surface area contributed by atoms with Crippen molar-refractivity contribution in [2.45, 2.75) is 19.3 Å². The van der Waals surface area contributed by atoms with Crippen molar-refractivity contribution in [3.63, 3.8) is 0 Å². The zero-order valence-corrected chi connectivity index (χ0v) is 13.0. The lowest BCUT2D eigenvalue weighted by atomic mass is 9.79. The van der Waals surface area contributed by atoms with Crippen LogP contribution in [0.4, 0.5) is 0 Å². The molecule has 4 atom stereocenters. The van der Waals surface area contributed by atoms with Crippen molar-refractivity contribution in [3.05, 3.63) is 34.9 Å². The molecule has 2 fully saturated rings. The Balaban J connectivity index is 1.63. The molecule has 0 aromatic heterocycles. The largest absolute Gasteiger partial charge is 0.550 e. The van der Waals surface area contributed by atoms with Gasteiger partial charge in [0.15, 0.2) is 0 Å². The Hall–Kier alpha value is -2.08. The van der Waals surface area contributed by atoms with Gasteiger partial charge in [-0.15, -0.1) is 0 Å². The van der Waals surface area contributed by atoms with E-state index in [1.807, 2.05) is 0 Å². The average molecular weight is 336 g/mol. The summed E-state index contributed by atoms with van der Waals surface area (Å²) in [5.41, 5.74) is 4.96. The van der Waals surface area contributed by atoms with E-state index in [0.717, 1.165) is 19.3 Å². The van der Waals surface area contributed by atoms with Gasteiger partial charge in [0, 0.05) is 22.5 Å². The number of fused-ring (bicyclic) bond motifs is 2. The maximum Gasteiger partial charge on any atom is 0.269 e. The van der Waals surface area contributed by atoms with Gasteiger partial charge in [0.25, 0.3) is 5.91 Å². The van der Waals surface area contributed by atoms with Crippen LogP contribution in [-0.4, -0.2) is 17.8 Å². The molecule has 2 bridgehead atoms. The lowest BCUT2D eigenvalue weighted by Gasteiger charge is -2.30. The molecule has 2 N–H and O–H groups in total. The fourth-order valence-corrected chi connectivity index (χ4v) is 4.10. The molecule has 0 spiro atoms. The van der Waals surface area contributed by atoms with Gasteiger partial charge in [-0.3, -0.25) is 20.4 Å². The van der Waals surface area contributed by atoms with Crippen LogP contribution < -0.4 is 16.0 Å². The molecule has 0 aliphatic heterocycles. The smallest absolute Gasteiger partial charge is 0.269 e. The third-order valence-corrected chi connectivity index (χ3v) is 5.11. The number of carbonyl (C=O) groups excluding carboxylic acids is 3. The fraction of sp³-hybridized carbons (Fsp3) is 0.438. The molecule has 2 aliphatic carbocycles. The first kappa shape index (κ1) is 15.8. The lowest BCUT2D eigenvalue weighted by Crippen LogP contribution is -2.50. The van der Waals surface area contributed by atoms with E-state index in [0.29, 0.717) is 10.6 Å². The summed E-state index contributed by atoms with van der Waals surface area (Å²) in [5, 5.41) is 11.7. The number of halogens is 1. The molecule has 3 rings (SSSR count). The van der Waals surface area contributed by atoms with E-state index in [2.05, 4.69) is 10.9 Å². The lowest BCUT2D eigenvalue weighted by molar-refractivity contribution is -0.314. The minimum absolute atomic E-state index is 0.00406. The van der Waals surface area contributed by atoms with Crippen molar-refractivity contribution in [2.75, 3.05) is 0 Å². The van der Waals surface area contributed by atoms with Crippen LogP contribution in [0.1, 0.15) is 29.6 Å².